The fourth-order valence-electron chi connectivity index (χ4n) is 2.31. The largest absolute Gasteiger partial charge is 0.508 e. The molecule has 1 aliphatic rings. The quantitative estimate of drug-likeness (QED) is 0.835. The summed E-state index contributed by atoms with van der Waals surface area (Å²) in [5, 5.41) is 12.4. The maximum atomic E-state index is 14.0. The molecule has 1 aliphatic heterocycles. The van der Waals surface area contributed by atoms with Crippen molar-refractivity contribution in [1.82, 2.24) is 10.2 Å². The first kappa shape index (κ1) is 15.6. The van der Waals surface area contributed by atoms with Crippen molar-refractivity contribution in [3.05, 3.63) is 29.6 Å². The lowest BCUT2D eigenvalue weighted by atomic mass is 10.0. The summed E-state index contributed by atoms with van der Waals surface area (Å²) < 4.78 is 19.4. The number of benzene rings is 1. The van der Waals surface area contributed by atoms with Crippen LogP contribution >= 0.6 is 0 Å². The first-order valence-corrected chi connectivity index (χ1v) is 6.97. The number of amides is 1. The Morgan fingerprint density at radius 1 is 1.48 bits per heavy atom. The van der Waals surface area contributed by atoms with Crippen LogP contribution < -0.4 is 5.32 Å². The van der Waals surface area contributed by atoms with E-state index in [-0.39, 0.29) is 5.75 Å². The fourth-order valence-corrected chi connectivity index (χ4v) is 2.31. The number of phenols is 1. The molecule has 0 radical (unpaired) electrons. The number of hydrogen-bond acceptors (Lipinski definition) is 4. The van der Waals surface area contributed by atoms with Gasteiger partial charge in [0.05, 0.1) is 6.04 Å². The third-order valence-corrected chi connectivity index (χ3v) is 3.21. The zero-order valence-corrected chi connectivity index (χ0v) is 12.5. The summed E-state index contributed by atoms with van der Waals surface area (Å²) in [6.07, 6.45) is -0.457. The highest BCUT2D eigenvalue weighted by Crippen LogP contribution is 2.28. The van der Waals surface area contributed by atoms with Crippen LogP contribution in [0.5, 0.6) is 5.75 Å². The third-order valence-electron chi connectivity index (χ3n) is 3.21. The molecule has 0 spiro atoms. The van der Waals surface area contributed by atoms with E-state index < -0.39 is 23.6 Å². The molecular formula is C15H21FN2O3. The molecule has 1 heterocycles. The molecule has 116 valence electrons. The lowest BCUT2D eigenvalue weighted by Crippen LogP contribution is -2.50. The van der Waals surface area contributed by atoms with E-state index in [1.807, 2.05) is 0 Å². The number of aromatic hydroxyl groups is 1. The number of nitrogens with zero attached hydrogens (tertiary/aromatic N) is 1. The first-order valence-electron chi connectivity index (χ1n) is 6.97. The van der Waals surface area contributed by atoms with E-state index in [1.54, 1.807) is 20.8 Å². The maximum Gasteiger partial charge on any atom is 0.410 e. The Balaban J connectivity index is 2.24. The Bertz CT molecular complexity index is 528. The molecule has 0 bridgehead atoms. The van der Waals surface area contributed by atoms with Crippen LogP contribution in [-0.4, -0.2) is 41.3 Å². The Kier molecular flexibility index (Phi) is 4.37. The molecule has 6 heteroatoms. The summed E-state index contributed by atoms with van der Waals surface area (Å²) >= 11 is 0. The zero-order valence-electron chi connectivity index (χ0n) is 12.5. The Hall–Kier alpha value is -1.82. The van der Waals surface area contributed by atoms with Crippen molar-refractivity contribution in [2.24, 2.45) is 0 Å². The second kappa shape index (κ2) is 5.89. The van der Waals surface area contributed by atoms with E-state index >= 15 is 0 Å². The van der Waals surface area contributed by atoms with Gasteiger partial charge >= 0.3 is 6.09 Å². The third kappa shape index (κ3) is 3.85. The number of nitrogens with one attached hydrogen (secondary N) is 1. The predicted molar refractivity (Wildman–Crippen MR) is 76.6 cm³/mol. The molecule has 5 nitrogen and oxygen atoms in total. The Labute approximate surface area is 123 Å². The summed E-state index contributed by atoms with van der Waals surface area (Å²) in [6, 6.07) is 3.52. The number of halogens is 1. The molecule has 0 aliphatic carbocycles. The van der Waals surface area contributed by atoms with E-state index in [0.29, 0.717) is 25.2 Å². The molecular weight excluding hydrogens is 275 g/mol. The van der Waals surface area contributed by atoms with Crippen molar-refractivity contribution >= 4 is 6.09 Å². The average Bonchev–Trinajstić information content (AvgIpc) is 2.37. The second-order valence-electron chi connectivity index (χ2n) is 6.10. The SMILES string of the molecule is CC(C)(C)OC(=O)N1CCNCC1c1ccc(O)cc1F. The Morgan fingerprint density at radius 3 is 2.81 bits per heavy atom. The van der Waals surface area contributed by atoms with Crippen LogP contribution in [0.25, 0.3) is 0 Å². The first-order chi connectivity index (χ1) is 9.78. The van der Waals surface area contributed by atoms with Gasteiger partial charge in [-0.25, -0.2) is 9.18 Å². The molecule has 1 aromatic carbocycles. The summed E-state index contributed by atoms with van der Waals surface area (Å²) in [5.74, 6) is -0.666. The summed E-state index contributed by atoms with van der Waals surface area (Å²) in [6.45, 7) is 6.91. The van der Waals surface area contributed by atoms with Gasteiger partial charge in [-0.2, -0.15) is 0 Å². The van der Waals surface area contributed by atoms with Gasteiger partial charge in [0.1, 0.15) is 17.2 Å². The van der Waals surface area contributed by atoms with Crippen molar-refractivity contribution in [3.8, 4) is 5.75 Å². The normalized spacial score (nSPS) is 19.4. The van der Waals surface area contributed by atoms with Gasteiger partial charge in [-0.15, -0.1) is 0 Å². The van der Waals surface area contributed by atoms with Crippen LogP contribution in [0.4, 0.5) is 9.18 Å². The highest BCUT2D eigenvalue weighted by Gasteiger charge is 2.32. The van der Waals surface area contributed by atoms with Gasteiger partial charge in [0.2, 0.25) is 0 Å². The van der Waals surface area contributed by atoms with Gasteiger partial charge in [0.15, 0.2) is 0 Å². The minimum atomic E-state index is -0.597. The summed E-state index contributed by atoms with van der Waals surface area (Å²) in [4.78, 5) is 13.8. The van der Waals surface area contributed by atoms with Gasteiger partial charge in [0.25, 0.3) is 0 Å². The van der Waals surface area contributed by atoms with Gasteiger partial charge in [-0.05, 0) is 26.8 Å². The molecule has 21 heavy (non-hydrogen) atoms. The molecule has 1 unspecified atom stereocenters. The van der Waals surface area contributed by atoms with Gasteiger partial charge in [-0.3, -0.25) is 4.90 Å². The van der Waals surface area contributed by atoms with Crippen molar-refractivity contribution in [3.63, 3.8) is 0 Å². The molecule has 1 aromatic rings. The lowest BCUT2D eigenvalue weighted by Gasteiger charge is -2.37. The number of rotatable bonds is 1. The zero-order chi connectivity index (χ0) is 15.6. The van der Waals surface area contributed by atoms with Crippen molar-refractivity contribution < 1.29 is 19.0 Å². The highest BCUT2D eigenvalue weighted by molar-refractivity contribution is 5.69. The number of phenolic OH excluding ortho intramolecular Hbond substituents is 1. The number of carbonyl (C=O) groups is 1. The molecule has 0 aromatic heterocycles. The molecule has 1 saturated heterocycles. The van der Waals surface area contributed by atoms with Crippen LogP contribution in [0, 0.1) is 5.82 Å². The lowest BCUT2D eigenvalue weighted by molar-refractivity contribution is 0.0114. The topological polar surface area (TPSA) is 61.8 Å². The monoisotopic (exact) mass is 296 g/mol. The molecule has 0 saturated carbocycles. The van der Waals surface area contributed by atoms with Crippen LogP contribution in [0.15, 0.2) is 18.2 Å². The fraction of sp³-hybridized carbons (Fsp3) is 0.533. The van der Waals surface area contributed by atoms with Gasteiger partial charge in [0, 0.05) is 31.3 Å². The molecule has 1 atom stereocenters. The molecule has 2 rings (SSSR count). The van der Waals surface area contributed by atoms with E-state index in [0.717, 1.165) is 6.07 Å². The van der Waals surface area contributed by atoms with Gasteiger partial charge in [-0.1, -0.05) is 6.07 Å². The van der Waals surface area contributed by atoms with E-state index in [4.69, 9.17) is 4.74 Å². The van der Waals surface area contributed by atoms with Gasteiger partial charge < -0.3 is 15.2 Å². The summed E-state index contributed by atoms with van der Waals surface area (Å²) in [5.41, 5.74) is -0.231. The number of piperazine rings is 1. The Morgan fingerprint density at radius 2 is 2.19 bits per heavy atom. The van der Waals surface area contributed by atoms with E-state index in [2.05, 4.69) is 5.32 Å². The molecule has 1 amide bonds. The number of ether oxygens (including phenoxy) is 1. The van der Waals surface area contributed by atoms with E-state index in [1.165, 1.54) is 17.0 Å². The molecule has 2 N–H and O–H groups in total. The molecule has 1 fully saturated rings. The highest BCUT2D eigenvalue weighted by atomic mass is 19.1. The summed E-state index contributed by atoms with van der Waals surface area (Å²) in [7, 11) is 0. The average molecular weight is 296 g/mol. The van der Waals surface area contributed by atoms with Crippen molar-refractivity contribution in [1.29, 1.82) is 0 Å². The minimum absolute atomic E-state index is 0.135. The second-order valence-corrected chi connectivity index (χ2v) is 6.10. The van der Waals surface area contributed by atoms with E-state index in [9.17, 15) is 14.3 Å². The maximum absolute atomic E-state index is 14.0. The minimum Gasteiger partial charge on any atom is -0.508 e. The van der Waals surface area contributed by atoms with Crippen LogP contribution in [0.1, 0.15) is 32.4 Å². The predicted octanol–water partition coefficient (Wildman–Crippen LogP) is 2.41. The van der Waals surface area contributed by atoms with Crippen LogP contribution in [-0.2, 0) is 4.74 Å². The van der Waals surface area contributed by atoms with Crippen LogP contribution in [0.2, 0.25) is 0 Å². The van der Waals surface area contributed by atoms with Crippen molar-refractivity contribution in [2.45, 2.75) is 32.4 Å². The van der Waals surface area contributed by atoms with Crippen LogP contribution in [0.3, 0.4) is 0 Å². The number of carbonyl (C=O) groups excluding carboxylic acids is 1. The standard InChI is InChI=1S/C15H21FN2O3/c1-15(2,3)21-14(20)18-7-6-17-9-13(18)11-5-4-10(19)8-12(11)16/h4-5,8,13,17,19H,6-7,9H2,1-3H3. The number of hydrogen-bond donors (Lipinski definition) is 2. The van der Waals surface area contributed by atoms with Crippen molar-refractivity contribution in [2.75, 3.05) is 19.6 Å². The smallest absolute Gasteiger partial charge is 0.410 e.